The van der Waals surface area contributed by atoms with Crippen molar-refractivity contribution < 1.29 is 4.42 Å². The van der Waals surface area contributed by atoms with E-state index in [1.165, 1.54) is 11.1 Å². The van der Waals surface area contributed by atoms with Gasteiger partial charge in [-0.05, 0) is 43.2 Å². The molecule has 0 saturated heterocycles. The second-order valence-corrected chi connectivity index (χ2v) is 7.33. The number of imidazole rings is 1. The van der Waals surface area contributed by atoms with E-state index in [1.807, 2.05) is 34.9 Å². The lowest BCUT2D eigenvalue weighted by Gasteiger charge is -2.16. The van der Waals surface area contributed by atoms with E-state index in [0.717, 1.165) is 28.1 Å². The molecule has 0 aliphatic carbocycles. The van der Waals surface area contributed by atoms with Crippen LogP contribution in [0.15, 0.2) is 83.9 Å². The van der Waals surface area contributed by atoms with Crippen molar-refractivity contribution in [1.82, 2.24) is 19.5 Å². The van der Waals surface area contributed by atoms with Gasteiger partial charge in [0.05, 0.1) is 35.3 Å². The standard InChI is InChI=1S/C24H21N5O/c1-16-8-9-22-21(12-16)25-15-29(22)23-13-20(19-10-11-30-14-19)27-24(28-23)26-17(2)18-6-4-3-5-7-18/h3-15,17H,1-2H3,(H,26,27,28)/t17-/m0/s1. The molecule has 5 rings (SSSR count). The summed E-state index contributed by atoms with van der Waals surface area (Å²) in [5.41, 5.74) is 5.96. The van der Waals surface area contributed by atoms with Gasteiger partial charge < -0.3 is 9.73 Å². The highest BCUT2D eigenvalue weighted by atomic mass is 16.3. The molecule has 0 radical (unpaired) electrons. The first kappa shape index (κ1) is 18.1. The van der Waals surface area contributed by atoms with Gasteiger partial charge >= 0.3 is 0 Å². The Morgan fingerprint density at radius 3 is 2.67 bits per heavy atom. The summed E-state index contributed by atoms with van der Waals surface area (Å²) >= 11 is 0. The van der Waals surface area contributed by atoms with Gasteiger partial charge in [0.2, 0.25) is 5.95 Å². The van der Waals surface area contributed by atoms with E-state index in [1.54, 1.807) is 18.9 Å². The minimum Gasteiger partial charge on any atom is -0.472 e. The van der Waals surface area contributed by atoms with Crippen molar-refractivity contribution in [3.05, 3.63) is 90.6 Å². The smallest absolute Gasteiger partial charge is 0.225 e. The lowest BCUT2D eigenvalue weighted by atomic mass is 10.1. The largest absolute Gasteiger partial charge is 0.472 e. The molecule has 0 saturated carbocycles. The fourth-order valence-electron chi connectivity index (χ4n) is 3.50. The molecule has 2 aromatic carbocycles. The summed E-state index contributed by atoms with van der Waals surface area (Å²) in [6.07, 6.45) is 5.13. The van der Waals surface area contributed by atoms with Crippen LogP contribution in [0.2, 0.25) is 0 Å². The van der Waals surface area contributed by atoms with Crippen molar-refractivity contribution in [3.8, 4) is 17.1 Å². The Kier molecular flexibility index (Phi) is 4.52. The number of rotatable bonds is 5. The number of hydrogen-bond acceptors (Lipinski definition) is 5. The van der Waals surface area contributed by atoms with E-state index < -0.39 is 0 Å². The fraction of sp³-hybridized carbons (Fsp3) is 0.125. The number of benzene rings is 2. The Bertz CT molecular complexity index is 1290. The predicted octanol–water partition coefficient (Wildman–Crippen LogP) is 5.56. The summed E-state index contributed by atoms with van der Waals surface area (Å²) in [7, 11) is 0. The SMILES string of the molecule is Cc1ccc2c(c1)ncn2-c1cc(-c2ccoc2)nc(N[C@@H](C)c2ccccc2)n1. The maximum atomic E-state index is 5.27. The molecule has 5 aromatic rings. The molecule has 6 heteroatoms. The third-order valence-corrected chi connectivity index (χ3v) is 5.12. The van der Waals surface area contributed by atoms with Crippen LogP contribution in [-0.2, 0) is 0 Å². The molecule has 0 spiro atoms. The van der Waals surface area contributed by atoms with Crippen LogP contribution in [0.25, 0.3) is 28.1 Å². The highest BCUT2D eigenvalue weighted by Crippen LogP contribution is 2.26. The second-order valence-electron chi connectivity index (χ2n) is 7.33. The summed E-state index contributed by atoms with van der Waals surface area (Å²) in [5.74, 6) is 1.30. The Balaban J connectivity index is 1.60. The van der Waals surface area contributed by atoms with E-state index in [2.05, 4.69) is 54.5 Å². The maximum absolute atomic E-state index is 5.27. The van der Waals surface area contributed by atoms with Crippen LogP contribution < -0.4 is 5.32 Å². The molecule has 148 valence electrons. The second kappa shape index (κ2) is 7.48. The van der Waals surface area contributed by atoms with Gasteiger partial charge in [-0.25, -0.2) is 9.97 Å². The molecule has 0 fully saturated rings. The molecule has 0 aliphatic heterocycles. The number of hydrogen-bond donors (Lipinski definition) is 1. The van der Waals surface area contributed by atoms with Crippen LogP contribution in [0, 0.1) is 6.92 Å². The van der Waals surface area contributed by atoms with Crippen molar-refractivity contribution in [2.75, 3.05) is 5.32 Å². The Labute approximate surface area is 174 Å². The first-order valence-corrected chi connectivity index (χ1v) is 9.84. The van der Waals surface area contributed by atoms with Gasteiger partial charge in [-0.2, -0.15) is 4.98 Å². The van der Waals surface area contributed by atoms with Crippen molar-refractivity contribution >= 4 is 17.0 Å². The van der Waals surface area contributed by atoms with Crippen LogP contribution in [0.3, 0.4) is 0 Å². The molecule has 0 aliphatic rings. The molecule has 1 atom stereocenters. The number of aryl methyl sites for hydroxylation is 1. The number of nitrogens with zero attached hydrogens (tertiary/aromatic N) is 4. The molecular formula is C24H21N5O. The molecule has 0 unspecified atom stereocenters. The van der Waals surface area contributed by atoms with Crippen LogP contribution in [0.5, 0.6) is 0 Å². The number of anilines is 1. The average Bonchev–Trinajstić information content (AvgIpc) is 3.44. The number of aromatic nitrogens is 4. The van der Waals surface area contributed by atoms with Gasteiger partial charge in [0, 0.05) is 11.6 Å². The van der Waals surface area contributed by atoms with Crippen molar-refractivity contribution in [2.24, 2.45) is 0 Å². The molecule has 30 heavy (non-hydrogen) atoms. The minimum absolute atomic E-state index is 0.0563. The van der Waals surface area contributed by atoms with Gasteiger partial charge in [0.25, 0.3) is 0 Å². The average molecular weight is 395 g/mol. The molecule has 0 amide bonds. The van der Waals surface area contributed by atoms with Gasteiger partial charge in [0.1, 0.15) is 12.1 Å². The predicted molar refractivity (Wildman–Crippen MR) is 118 cm³/mol. The summed E-state index contributed by atoms with van der Waals surface area (Å²) in [5, 5.41) is 3.43. The summed E-state index contributed by atoms with van der Waals surface area (Å²) in [6.45, 7) is 4.16. The fourth-order valence-corrected chi connectivity index (χ4v) is 3.50. The zero-order chi connectivity index (χ0) is 20.5. The van der Waals surface area contributed by atoms with Crippen LogP contribution >= 0.6 is 0 Å². The van der Waals surface area contributed by atoms with Gasteiger partial charge in [-0.1, -0.05) is 36.4 Å². The van der Waals surface area contributed by atoms with E-state index in [4.69, 9.17) is 14.4 Å². The highest BCUT2D eigenvalue weighted by molar-refractivity contribution is 5.78. The van der Waals surface area contributed by atoms with E-state index in [-0.39, 0.29) is 6.04 Å². The van der Waals surface area contributed by atoms with Crippen LogP contribution in [0.4, 0.5) is 5.95 Å². The third kappa shape index (κ3) is 3.43. The first-order chi connectivity index (χ1) is 14.7. The van der Waals surface area contributed by atoms with Crippen LogP contribution in [-0.4, -0.2) is 19.5 Å². The van der Waals surface area contributed by atoms with Crippen molar-refractivity contribution in [3.63, 3.8) is 0 Å². The highest BCUT2D eigenvalue weighted by Gasteiger charge is 2.14. The zero-order valence-corrected chi connectivity index (χ0v) is 16.8. The number of nitrogens with one attached hydrogen (secondary N) is 1. The minimum atomic E-state index is 0.0563. The molecule has 1 N–H and O–H groups in total. The zero-order valence-electron chi connectivity index (χ0n) is 16.8. The topological polar surface area (TPSA) is 68.8 Å². The van der Waals surface area contributed by atoms with Crippen molar-refractivity contribution in [1.29, 1.82) is 0 Å². The summed E-state index contributed by atoms with van der Waals surface area (Å²) in [4.78, 5) is 14.1. The summed E-state index contributed by atoms with van der Waals surface area (Å²) < 4.78 is 7.26. The Morgan fingerprint density at radius 1 is 1.00 bits per heavy atom. The van der Waals surface area contributed by atoms with E-state index >= 15 is 0 Å². The Hall–Kier alpha value is -3.93. The quantitative estimate of drug-likeness (QED) is 0.422. The lowest BCUT2D eigenvalue weighted by Crippen LogP contribution is -2.11. The molecule has 3 aromatic heterocycles. The molecule has 0 bridgehead atoms. The van der Waals surface area contributed by atoms with Gasteiger partial charge in [-0.3, -0.25) is 4.57 Å². The monoisotopic (exact) mass is 395 g/mol. The molecule has 6 nitrogen and oxygen atoms in total. The first-order valence-electron chi connectivity index (χ1n) is 9.84. The molecular weight excluding hydrogens is 374 g/mol. The van der Waals surface area contributed by atoms with Gasteiger partial charge in [0.15, 0.2) is 0 Å². The number of fused-ring (bicyclic) bond motifs is 1. The van der Waals surface area contributed by atoms with E-state index in [9.17, 15) is 0 Å². The lowest BCUT2D eigenvalue weighted by molar-refractivity contribution is 0.568. The number of furan rings is 1. The van der Waals surface area contributed by atoms with E-state index in [0.29, 0.717) is 5.95 Å². The van der Waals surface area contributed by atoms with Crippen LogP contribution in [0.1, 0.15) is 24.1 Å². The third-order valence-electron chi connectivity index (χ3n) is 5.12. The maximum Gasteiger partial charge on any atom is 0.225 e. The van der Waals surface area contributed by atoms with Crippen molar-refractivity contribution in [2.45, 2.75) is 19.9 Å². The Morgan fingerprint density at radius 2 is 1.87 bits per heavy atom. The normalized spacial score (nSPS) is 12.2. The molecule has 3 heterocycles. The summed E-state index contributed by atoms with van der Waals surface area (Å²) in [6, 6.07) is 20.4. The van der Waals surface area contributed by atoms with Gasteiger partial charge in [-0.15, -0.1) is 0 Å².